The van der Waals surface area contributed by atoms with Crippen LogP contribution < -0.4 is 4.90 Å². The number of allylic oxidation sites excluding steroid dienone is 8. The van der Waals surface area contributed by atoms with Crippen LogP contribution in [-0.2, 0) is 17.3 Å². The van der Waals surface area contributed by atoms with Gasteiger partial charge >= 0.3 is 0 Å². The first-order valence-electron chi connectivity index (χ1n) is 17.7. The molecule has 0 bridgehead atoms. The lowest BCUT2D eigenvalue weighted by molar-refractivity contribution is -0.437. The average molecular weight is 631 g/mol. The van der Waals surface area contributed by atoms with Gasteiger partial charge in [-0.15, -0.1) is 5.10 Å². The summed E-state index contributed by atoms with van der Waals surface area (Å²) in [6.07, 6.45) is 18.1. The fourth-order valence-electron chi connectivity index (χ4n) is 7.88. The number of nitrogens with zero attached hydrogens (tertiary/aromatic N) is 5. The molecule has 0 atom stereocenters. The summed E-state index contributed by atoms with van der Waals surface area (Å²) in [5, 5.41) is 18.6. The lowest BCUT2D eigenvalue weighted by Crippen LogP contribution is -2.28. The summed E-state index contributed by atoms with van der Waals surface area (Å²) in [6, 6.07) is 17.7. The number of para-hydroxylation sites is 2. The Morgan fingerprint density at radius 1 is 0.894 bits per heavy atom. The van der Waals surface area contributed by atoms with E-state index in [1.165, 1.54) is 45.1 Å². The summed E-state index contributed by atoms with van der Waals surface area (Å²) in [6.45, 7) is 16.1. The molecule has 246 valence electrons. The minimum absolute atomic E-state index is 0.0861. The highest BCUT2D eigenvalue weighted by molar-refractivity contribution is 6.03. The molecule has 3 heterocycles. The van der Waals surface area contributed by atoms with Gasteiger partial charge in [0.1, 0.15) is 6.54 Å². The van der Waals surface area contributed by atoms with Crippen molar-refractivity contribution in [2.24, 2.45) is 0 Å². The van der Waals surface area contributed by atoms with E-state index in [1.807, 2.05) is 4.68 Å². The lowest BCUT2D eigenvalue weighted by Gasteiger charge is -2.27. The van der Waals surface area contributed by atoms with Crippen molar-refractivity contribution in [3.63, 3.8) is 0 Å². The molecule has 6 rings (SSSR count). The largest absolute Gasteiger partial charge is 0.396 e. The maximum atomic E-state index is 9.45. The molecule has 0 unspecified atom stereocenters. The number of hydrogen-bond donors (Lipinski definition) is 1. The van der Waals surface area contributed by atoms with Gasteiger partial charge in [-0.1, -0.05) is 81.5 Å². The number of hydrogen-bond acceptors (Lipinski definition) is 4. The SMILES string of the molecule is CCCN1/C(=C/C=C2\CCCC(/C=C/C3=[N+](CCC)c4ccccc4C3(C)C)=C2n2cc(CCCO)nn2)C(C)(C)c2ccccc21. The van der Waals surface area contributed by atoms with E-state index >= 15 is 0 Å². The smallest absolute Gasteiger partial charge is 0.209 e. The molecule has 3 aliphatic rings. The van der Waals surface area contributed by atoms with Crippen molar-refractivity contribution in [3.05, 3.63) is 113 Å². The number of rotatable bonds is 11. The van der Waals surface area contributed by atoms with E-state index in [0.717, 1.165) is 56.6 Å². The van der Waals surface area contributed by atoms with Gasteiger partial charge in [0.05, 0.1) is 23.0 Å². The topological polar surface area (TPSA) is 57.2 Å². The van der Waals surface area contributed by atoms with Gasteiger partial charge in [0.25, 0.3) is 0 Å². The van der Waals surface area contributed by atoms with Crippen LogP contribution in [0.4, 0.5) is 11.4 Å². The van der Waals surface area contributed by atoms with Crippen LogP contribution in [-0.4, -0.2) is 50.1 Å². The van der Waals surface area contributed by atoms with Crippen molar-refractivity contribution < 1.29 is 9.68 Å². The molecule has 0 saturated carbocycles. The second-order valence-corrected chi connectivity index (χ2v) is 14.3. The first kappa shape index (κ1) is 32.9. The molecule has 47 heavy (non-hydrogen) atoms. The Balaban J connectivity index is 1.46. The van der Waals surface area contributed by atoms with E-state index in [9.17, 15) is 5.11 Å². The Morgan fingerprint density at radius 2 is 1.66 bits per heavy atom. The molecule has 1 aromatic heterocycles. The lowest BCUT2D eigenvalue weighted by atomic mass is 9.81. The minimum atomic E-state index is -0.0861. The van der Waals surface area contributed by atoms with Crippen molar-refractivity contribution in [3.8, 4) is 0 Å². The summed E-state index contributed by atoms with van der Waals surface area (Å²) < 4.78 is 4.51. The molecule has 2 aromatic carbocycles. The molecule has 1 aliphatic carbocycles. The van der Waals surface area contributed by atoms with Gasteiger partial charge in [0, 0.05) is 54.1 Å². The standard InChI is InChI=1S/C41H52N5O/c1-7-26-44-35-20-11-9-18-33(35)40(3,4)37(44)24-22-30-15-13-16-31(39(30)46-29-32(42-43-46)17-14-28-47)23-25-38-41(5,6)34-19-10-12-21-36(34)45(38)27-8-2/h9-12,18-25,29,47H,7-8,13-17,26-28H2,1-6H3/q+1. The summed E-state index contributed by atoms with van der Waals surface area (Å²) in [5.74, 6) is 0. The molecule has 0 spiro atoms. The number of fused-ring (bicyclic) bond motifs is 2. The second kappa shape index (κ2) is 13.6. The van der Waals surface area contributed by atoms with Gasteiger partial charge in [0.15, 0.2) is 5.71 Å². The third-order valence-corrected chi connectivity index (χ3v) is 10.2. The van der Waals surface area contributed by atoms with Crippen LogP contribution in [0.25, 0.3) is 5.70 Å². The predicted octanol–water partition coefficient (Wildman–Crippen LogP) is 8.66. The van der Waals surface area contributed by atoms with E-state index in [0.29, 0.717) is 12.8 Å². The number of benzene rings is 2. The fourth-order valence-corrected chi connectivity index (χ4v) is 7.88. The van der Waals surface area contributed by atoms with Crippen LogP contribution in [0.3, 0.4) is 0 Å². The number of aromatic nitrogens is 3. The molecule has 3 aromatic rings. The summed E-state index contributed by atoms with van der Waals surface area (Å²) in [4.78, 5) is 2.51. The van der Waals surface area contributed by atoms with Crippen LogP contribution in [0.1, 0.15) is 96.9 Å². The van der Waals surface area contributed by atoms with Crippen molar-refractivity contribution in [1.82, 2.24) is 15.0 Å². The first-order chi connectivity index (χ1) is 22.7. The number of aryl methyl sites for hydroxylation is 1. The van der Waals surface area contributed by atoms with E-state index in [1.54, 1.807) is 0 Å². The van der Waals surface area contributed by atoms with Crippen molar-refractivity contribution >= 4 is 22.8 Å². The second-order valence-electron chi connectivity index (χ2n) is 14.3. The van der Waals surface area contributed by atoms with E-state index in [-0.39, 0.29) is 17.4 Å². The van der Waals surface area contributed by atoms with Gasteiger partial charge in [-0.2, -0.15) is 4.58 Å². The maximum absolute atomic E-state index is 9.45. The molecule has 0 fully saturated rings. The third kappa shape index (κ3) is 6.09. The fraction of sp³-hybridized carbons (Fsp3) is 0.439. The monoisotopic (exact) mass is 630 g/mol. The number of aliphatic hydroxyl groups is 1. The molecular formula is C41H52N5O+. The van der Waals surface area contributed by atoms with Crippen molar-refractivity contribution in [1.29, 1.82) is 0 Å². The Kier molecular flexibility index (Phi) is 9.52. The van der Waals surface area contributed by atoms with Crippen molar-refractivity contribution in [2.75, 3.05) is 24.6 Å². The highest BCUT2D eigenvalue weighted by atomic mass is 16.2. The summed E-state index contributed by atoms with van der Waals surface area (Å²) in [7, 11) is 0. The van der Waals surface area contributed by atoms with Gasteiger partial charge in [0.2, 0.25) is 5.69 Å². The van der Waals surface area contributed by atoms with Crippen LogP contribution in [0.5, 0.6) is 0 Å². The molecule has 1 N–H and O–H groups in total. The van der Waals surface area contributed by atoms with Crippen LogP contribution >= 0.6 is 0 Å². The number of anilines is 1. The Hall–Kier alpha value is -4.03. The zero-order chi connectivity index (χ0) is 33.2. The molecule has 6 nitrogen and oxygen atoms in total. The highest BCUT2D eigenvalue weighted by Crippen LogP contribution is 2.48. The highest BCUT2D eigenvalue weighted by Gasteiger charge is 2.44. The normalized spacial score (nSPS) is 20.3. The van der Waals surface area contributed by atoms with Crippen molar-refractivity contribution in [2.45, 2.75) is 97.3 Å². The van der Waals surface area contributed by atoms with E-state index < -0.39 is 0 Å². The molecule has 2 aliphatic heterocycles. The molecule has 0 amide bonds. The predicted molar refractivity (Wildman–Crippen MR) is 194 cm³/mol. The quantitative estimate of drug-likeness (QED) is 0.216. The Labute approximate surface area is 281 Å². The number of aliphatic hydroxyl groups excluding tert-OH is 1. The zero-order valence-electron chi connectivity index (χ0n) is 29.3. The Morgan fingerprint density at radius 3 is 2.43 bits per heavy atom. The molecule has 0 radical (unpaired) electrons. The average Bonchev–Trinajstić information content (AvgIpc) is 3.68. The Bertz CT molecular complexity index is 1780. The van der Waals surface area contributed by atoms with E-state index in [4.69, 9.17) is 0 Å². The van der Waals surface area contributed by atoms with Gasteiger partial charge in [-0.25, -0.2) is 4.68 Å². The van der Waals surface area contributed by atoms with Crippen LogP contribution in [0.15, 0.2) is 95.9 Å². The summed E-state index contributed by atoms with van der Waals surface area (Å²) in [5.41, 5.74) is 12.6. The molecular weight excluding hydrogens is 578 g/mol. The minimum Gasteiger partial charge on any atom is -0.396 e. The molecule has 6 heteroatoms. The first-order valence-corrected chi connectivity index (χ1v) is 17.7. The zero-order valence-corrected chi connectivity index (χ0v) is 29.3. The molecule has 0 saturated heterocycles. The van der Waals surface area contributed by atoms with Gasteiger partial charge in [-0.05, 0) is 81.2 Å². The van der Waals surface area contributed by atoms with Crippen LogP contribution in [0, 0.1) is 0 Å². The van der Waals surface area contributed by atoms with Crippen LogP contribution in [0.2, 0.25) is 0 Å². The third-order valence-electron chi connectivity index (χ3n) is 10.2. The van der Waals surface area contributed by atoms with Gasteiger partial charge in [-0.3, -0.25) is 0 Å². The van der Waals surface area contributed by atoms with E-state index in [2.05, 4.69) is 140 Å². The summed E-state index contributed by atoms with van der Waals surface area (Å²) >= 11 is 0. The van der Waals surface area contributed by atoms with Gasteiger partial charge < -0.3 is 10.0 Å². The maximum Gasteiger partial charge on any atom is 0.209 e.